The number of benzene rings is 1. The molecule has 0 fully saturated rings. The summed E-state index contributed by atoms with van der Waals surface area (Å²) in [7, 11) is 0. The lowest BCUT2D eigenvalue weighted by atomic mass is 10.1. The maximum atomic E-state index is 12.9. The summed E-state index contributed by atoms with van der Waals surface area (Å²) >= 11 is 1.55. The monoisotopic (exact) mass is 358 g/mol. The van der Waals surface area contributed by atoms with Gasteiger partial charge in [0, 0.05) is 11.9 Å². The van der Waals surface area contributed by atoms with Gasteiger partial charge in [-0.05, 0) is 37.5 Å². The normalized spacial score (nSPS) is 21.2. The fourth-order valence-electron chi connectivity index (χ4n) is 2.72. The highest BCUT2D eigenvalue weighted by Gasteiger charge is 2.35. The first kappa shape index (κ1) is 18.7. The van der Waals surface area contributed by atoms with E-state index in [1.54, 1.807) is 11.8 Å². The fourth-order valence-corrected chi connectivity index (χ4v) is 3.50. The van der Waals surface area contributed by atoms with Gasteiger partial charge < -0.3 is 11.0 Å². The van der Waals surface area contributed by atoms with Crippen LogP contribution in [0.4, 0.5) is 5.69 Å². The second kappa shape index (κ2) is 7.06. The zero-order valence-corrected chi connectivity index (χ0v) is 14.5. The summed E-state index contributed by atoms with van der Waals surface area (Å²) in [6, 6.07) is 9.47. The van der Waals surface area contributed by atoms with Gasteiger partial charge in [0.25, 0.3) is 5.91 Å². The van der Waals surface area contributed by atoms with Crippen LogP contribution in [0.25, 0.3) is 0 Å². The molecule has 0 spiro atoms. The number of amidine groups is 1. The molecule has 3 heterocycles. The molecule has 3 aliphatic rings. The van der Waals surface area contributed by atoms with Crippen LogP contribution in [0.3, 0.4) is 0 Å². The second-order valence-electron chi connectivity index (χ2n) is 5.35. The summed E-state index contributed by atoms with van der Waals surface area (Å²) < 4.78 is 0. The summed E-state index contributed by atoms with van der Waals surface area (Å²) in [5.74, 6) is -0.112. The highest BCUT2D eigenvalue weighted by atomic mass is 32.2. The Balaban J connectivity index is 0.00000113. The quantitative estimate of drug-likeness (QED) is 0.714. The number of hydrazone groups is 1. The Hall–Kier alpha value is -2.68. The van der Waals surface area contributed by atoms with Crippen LogP contribution in [0, 0.1) is 0 Å². The Morgan fingerprint density at radius 1 is 1.08 bits per heavy atom. The van der Waals surface area contributed by atoms with Crippen LogP contribution in [0.5, 0.6) is 0 Å². The van der Waals surface area contributed by atoms with E-state index in [-0.39, 0.29) is 16.9 Å². The Bertz CT molecular complexity index is 856. The number of rotatable bonds is 1. The van der Waals surface area contributed by atoms with Crippen LogP contribution in [0.1, 0.15) is 13.8 Å². The van der Waals surface area contributed by atoms with Crippen LogP contribution in [0.2, 0.25) is 0 Å². The molecule has 7 nitrogen and oxygen atoms in total. The van der Waals surface area contributed by atoms with E-state index < -0.39 is 0 Å². The number of anilines is 1. The van der Waals surface area contributed by atoms with Crippen LogP contribution < -0.4 is 5.01 Å². The number of fused-ring (bicyclic) bond motifs is 1. The molecule has 130 valence electrons. The minimum atomic E-state index is -0.112. The average molecular weight is 358 g/mol. The molecular formula is C17H18N4O3S. The van der Waals surface area contributed by atoms with Crippen LogP contribution in [0.15, 0.2) is 75.1 Å². The van der Waals surface area contributed by atoms with Crippen molar-refractivity contribution < 1.29 is 15.7 Å². The number of hydrogen-bond acceptors (Lipinski definition) is 5. The number of thioether (sulfide) groups is 1. The standard InChI is InChI=1S/C17H14N4OS.2H2O/c1-11-10-14(20-8-9-23-17(20)18-11)15-12(2)19-21(16(15)22)13-6-4-3-5-7-13;;/h3-10H,1-2H3;2*1H2/b15-14-;;. The molecule has 0 unspecified atom stereocenters. The molecule has 0 radical (unpaired) electrons. The van der Waals surface area contributed by atoms with Crippen molar-refractivity contribution in [3.8, 4) is 0 Å². The van der Waals surface area contributed by atoms with E-state index >= 15 is 0 Å². The first-order chi connectivity index (χ1) is 11.1. The molecule has 0 aromatic heterocycles. The molecule has 25 heavy (non-hydrogen) atoms. The van der Waals surface area contributed by atoms with Crippen molar-refractivity contribution in [3.05, 3.63) is 65.0 Å². The third kappa shape index (κ3) is 3.02. The predicted molar refractivity (Wildman–Crippen MR) is 101 cm³/mol. The van der Waals surface area contributed by atoms with Gasteiger partial charge in [0.2, 0.25) is 0 Å². The van der Waals surface area contributed by atoms with Crippen molar-refractivity contribution in [3.63, 3.8) is 0 Å². The lowest BCUT2D eigenvalue weighted by Crippen LogP contribution is -2.28. The molecule has 8 heteroatoms. The molecule has 0 aliphatic carbocycles. The van der Waals surface area contributed by atoms with E-state index in [2.05, 4.69) is 10.1 Å². The van der Waals surface area contributed by atoms with E-state index in [0.717, 1.165) is 22.2 Å². The number of allylic oxidation sites excluding steroid dienone is 2. The van der Waals surface area contributed by atoms with Crippen LogP contribution in [-0.4, -0.2) is 32.6 Å². The Morgan fingerprint density at radius 3 is 2.52 bits per heavy atom. The summed E-state index contributed by atoms with van der Waals surface area (Å²) in [5, 5.41) is 8.74. The Labute approximate surface area is 149 Å². The molecule has 0 atom stereocenters. The van der Waals surface area contributed by atoms with E-state index in [1.165, 1.54) is 5.01 Å². The number of amides is 1. The lowest BCUT2D eigenvalue weighted by molar-refractivity contribution is -0.114. The second-order valence-corrected chi connectivity index (χ2v) is 6.22. The number of para-hydroxylation sites is 1. The first-order valence-electron chi connectivity index (χ1n) is 7.24. The number of hydrogen-bond donors (Lipinski definition) is 0. The molecule has 0 saturated heterocycles. The van der Waals surface area contributed by atoms with E-state index in [1.807, 2.05) is 66.8 Å². The molecule has 1 aromatic carbocycles. The van der Waals surface area contributed by atoms with Crippen LogP contribution >= 0.6 is 11.8 Å². The summed E-state index contributed by atoms with van der Waals surface area (Å²) in [5.41, 5.74) is 3.81. The summed E-state index contributed by atoms with van der Waals surface area (Å²) in [4.78, 5) is 19.4. The minimum absolute atomic E-state index is 0. The van der Waals surface area contributed by atoms with Gasteiger partial charge in [-0.25, -0.2) is 4.99 Å². The topological polar surface area (TPSA) is 111 Å². The summed E-state index contributed by atoms with van der Waals surface area (Å²) in [6.45, 7) is 3.80. The lowest BCUT2D eigenvalue weighted by Gasteiger charge is -2.23. The van der Waals surface area contributed by atoms with E-state index in [4.69, 9.17) is 0 Å². The zero-order chi connectivity index (χ0) is 16.0. The van der Waals surface area contributed by atoms with Crippen molar-refractivity contribution in [2.45, 2.75) is 13.8 Å². The van der Waals surface area contributed by atoms with Crippen molar-refractivity contribution >= 4 is 34.2 Å². The van der Waals surface area contributed by atoms with Crippen molar-refractivity contribution in [1.82, 2.24) is 4.90 Å². The number of nitrogens with zero attached hydrogens (tertiary/aromatic N) is 4. The minimum Gasteiger partial charge on any atom is -0.412 e. The number of aliphatic imine (C=N–C) groups is 1. The van der Waals surface area contributed by atoms with Crippen LogP contribution in [-0.2, 0) is 4.79 Å². The number of carbonyl (C=O) groups excluding carboxylic acids is 1. The van der Waals surface area contributed by atoms with E-state index in [0.29, 0.717) is 11.3 Å². The fraction of sp³-hybridized carbons (Fsp3) is 0.118. The molecule has 4 N–H and O–H groups in total. The van der Waals surface area contributed by atoms with Gasteiger partial charge in [-0.3, -0.25) is 9.69 Å². The highest BCUT2D eigenvalue weighted by molar-refractivity contribution is 8.16. The zero-order valence-electron chi connectivity index (χ0n) is 13.7. The maximum Gasteiger partial charge on any atom is 0.282 e. The smallest absolute Gasteiger partial charge is 0.282 e. The van der Waals surface area contributed by atoms with Gasteiger partial charge in [-0.1, -0.05) is 30.0 Å². The molecule has 0 bridgehead atoms. The molecule has 0 saturated carbocycles. The Morgan fingerprint density at radius 2 is 1.80 bits per heavy atom. The van der Waals surface area contributed by atoms with Gasteiger partial charge in [-0.15, -0.1) is 0 Å². The average Bonchev–Trinajstić information content (AvgIpc) is 3.12. The van der Waals surface area contributed by atoms with Gasteiger partial charge >= 0.3 is 0 Å². The third-order valence-corrected chi connectivity index (χ3v) is 4.50. The van der Waals surface area contributed by atoms with Crippen molar-refractivity contribution in [2.24, 2.45) is 10.1 Å². The van der Waals surface area contributed by atoms with Gasteiger partial charge in [0.15, 0.2) is 5.17 Å². The summed E-state index contributed by atoms with van der Waals surface area (Å²) in [6.07, 6.45) is 3.86. The third-order valence-electron chi connectivity index (χ3n) is 3.74. The largest absolute Gasteiger partial charge is 0.412 e. The molecule has 4 rings (SSSR count). The molecule has 1 amide bonds. The number of carbonyl (C=O) groups is 1. The van der Waals surface area contributed by atoms with Gasteiger partial charge in [0.05, 0.1) is 22.7 Å². The highest BCUT2D eigenvalue weighted by Crippen LogP contribution is 2.34. The Kier molecular flexibility index (Phi) is 5.27. The molecule has 1 aromatic rings. The van der Waals surface area contributed by atoms with Gasteiger partial charge in [0.1, 0.15) is 0 Å². The van der Waals surface area contributed by atoms with Crippen molar-refractivity contribution in [2.75, 3.05) is 5.01 Å². The maximum absolute atomic E-state index is 12.9. The molecule has 3 aliphatic heterocycles. The first-order valence-corrected chi connectivity index (χ1v) is 8.12. The molecular weight excluding hydrogens is 340 g/mol. The van der Waals surface area contributed by atoms with Gasteiger partial charge in [-0.2, -0.15) is 10.1 Å². The van der Waals surface area contributed by atoms with E-state index in [9.17, 15) is 4.79 Å². The predicted octanol–water partition coefficient (Wildman–Crippen LogP) is 1.81. The SMILES string of the molecule is CC1=C/C(=C2/C(=O)N(c3ccccc3)N=C2C)N2C=CSC2=N1.O.O. The van der Waals surface area contributed by atoms with Crippen molar-refractivity contribution in [1.29, 1.82) is 0 Å².